The van der Waals surface area contributed by atoms with Crippen molar-refractivity contribution in [3.63, 3.8) is 0 Å². The van der Waals surface area contributed by atoms with E-state index in [2.05, 4.69) is 26.2 Å². The van der Waals surface area contributed by atoms with Crippen molar-refractivity contribution in [1.82, 2.24) is 9.88 Å². The van der Waals surface area contributed by atoms with Gasteiger partial charge in [-0.15, -0.1) is 0 Å². The third kappa shape index (κ3) is 2.96. The highest BCUT2D eigenvalue weighted by Crippen LogP contribution is 2.23. The maximum atomic E-state index is 12.5. The Hall–Kier alpha value is -1.14. The minimum absolute atomic E-state index is 0.147. The summed E-state index contributed by atoms with van der Waals surface area (Å²) in [5.74, 6) is 0.946. The molecule has 0 unspecified atom stereocenters. The molecule has 0 radical (unpaired) electrons. The van der Waals surface area contributed by atoms with Gasteiger partial charge in [0.2, 0.25) is 5.91 Å². The van der Waals surface area contributed by atoms with Gasteiger partial charge in [0.25, 0.3) is 0 Å². The molecule has 20 heavy (non-hydrogen) atoms. The number of nitrogens with zero attached hydrogens (tertiary/aromatic N) is 2. The third-order valence-corrected chi connectivity index (χ3v) is 4.39. The first-order valence-electron chi connectivity index (χ1n) is 7.00. The Morgan fingerprint density at radius 3 is 2.80 bits per heavy atom. The molecule has 1 aromatic rings. The minimum Gasteiger partial charge on any atom is -0.381 e. The molecule has 6 heteroatoms. The smallest absolute Gasteiger partial charge is 0.245 e. The van der Waals surface area contributed by atoms with Gasteiger partial charge in [0.1, 0.15) is 11.9 Å². The summed E-state index contributed by atoms with van der Waals surface area (Å²) in [6.45, 7) is 2.36. The van der Waals surface area contributed by atoms with Crippen LogP contribution in [-0.2, 0) is 9.53 Å². The number of pyridine rings is 1. The van der Waals surface area contributed by atoms with Gasteiger partial charge in [-0.25, -0.2) is 4.98 Å². The van der Waals surface area contributed by atoms with Crippen LogP contribution in [0.2, 0.25) is 0 Å². The standard InChI is InChI=1S/C14H18BrN3O2/c15-10-1-2-13(16-9-10)17-12-3-6-18(14(12)19)11-4-7-20-8-5-11/h1-2,9,11-12H,3-8H2,(H,16,17)/t12-/m1/s1. The second kappa shape index (κ2) is 6.10. The normalized spacial score (nSPS) is 24.1. The van der Waals surface area contributed by atoms with Crippen LogP contribution >= 0.6 is 15.9 Å². The monoisotopic (exact) mass is 339 g/mol. The molecule has 0 saturated carbocycles. The number of carbonyl (C=O) groups is 1. The summed E-state index contributed by atoms with van der Waals surface area (Å²) >= 11 is 3.35. The van der Waals surface area contributed by atoms with Crippen molar-refractivity contribution in [3.8, 4) is 0 Å². The van der Waals surface area contributed by atoms with E-state index in [1.807, 2.05) is 17.0 Å². The van der Waals surface area contributed by atoms with Crippen molar-refractivity contribution in [3.05, 3.63) is 22.8 Å². The van der Waals surface area contributed by atoms with Gasteiger partial charge in [-0.2, -0.15) is 0 Å². The van der Waals surface area contributed by atoms with Crippen LogP contribution in [0.5, 0.6) is 0 Å². The Labute approximate surface area is 126 Å². The summed E-state index contributed by atoms with van der Waals surface area (Å²) in [5, 5.41) is 3.23. The van der Waals surface area contributed by atoms with Crippen molar-refractivity contribution < 1.29 is 9.53 Å². The number of nitrogens with one attached hydrogen (secondary N) is 1. The number of anilines is 1. The molecular weight excluding hydrogens is 322 g/mol. The molecule has 5 nitrogen and oxygen atoms in total. The van der Waals surface area contributed by atoms with Crippen molar-refractivity contribution >= 4 is 27.7 Å². The molecule has 3 heterocycles. The zero-order valence-electron chi connectivity index (χ0n) is 11.2. The summed E-state index contributed by atoms with van der Waals surface area (Å²) in [7, 11) is 0. The summed E-state index contributed by atoms with van der Waals surface area (Å²) in [4.78, 5) is 18.7. The molecule has 3 rings (SSSR count). The molecule has 0 spiro atoms. The average molecular weight is 340 g/mol. The molecule has 2 saturated heterocycles. The van der Waals surface area contributed by atoms with Gasteiger partial charge >= 0.3 is 0 Å². The largest absolute Gasteiger partial charge is 0.381 e. The molecule has 0 aromatic carbocycles. The van der Waals surface area contributed by atoms with E-state index in [9.17, 15) is 4.79 Å². The van der Waals surface area contributed by atoms with Crippen molar-refractivity contribution in [1.29, 1.82) is 0 Å². The summed E-state index contributed by atoms with van der Waals surface area (Å²) in [5.41, 5.74) is 0. The Balaban J connectivity index is 1.61. The molecule has 2 fully saturated rings. The van der Waals surface area contributed by atoms with Gasteiger partial charge < -0.3 is 15.0 Å². The van der Waals surface area contributed by atoms with Gasteiger partial charge in [-0.3, -0.25) is 4.79 Å². The lowest BCUT2D eigenvalue weighted by Crippen LogP contribution is -2.43. The molecular formula is C14H18BrN3O2. The van der Waals surface area contributed by atoms with Gasteiger partial charge in [0, 0.05) is 36.5 Å². The second-order valence-corrected chi connectivity index (χ2v) is 6.14. The molecule has 1 atom stereocenters. The van der Waals surface area contributed by atoms with E-state index in [0.717, 1.165) is 49.3 Å². The SMILES string of the molecule is O=C1[C@H](Nc2ccc(Br)cn2)CCN1C1CCOCC1. The molecule has 2 aliphatic rings. The van der Waals surface area contributed by atoms with Crippen LogP contribution in [-0.4, -0.2) is 47.6 Å². The third-order valence-electron chi connectivity index (χ3n) is 3.92. The maximum Gasteiger partial charge on any atom is 0.245 e. The number of carbonyl (C=O) groups excluding carboxylic acids is 1. The second-order valence-electron chi connectivity index (χ2n) is 5.22. The van der Waals surface area contributed by atoms with Crippen LogP contribution in [0.25, 0.3) is 0 Å². The fourth-order valence-corrected chi connectivity index (χ4v) is 3.07. The first kappa shape index (κ1) is 13.8. The van der Waals surface area contributed by atoms with Crippen molar-refractivity contribution in [2.45, 2.75) is 31.3 Å². The quantitative estimate of drug-likeness (QED) is 0.915. The predicted molar refractivity (Wildman–Crippen MR) is 79.5 cm³/mol. The number of halogens is 1. The summed E-state index contributed by atoms with van der Waals surface area (Å²) in [6, 6.07) is 4.01. The highest BCUT2D eigenvalue weighted by Gasteiger charge is 2.36. The van der Waals surface area contributed by atoms with Crippen LogP contribution in [0.4, 0.5) is 5.82 Å². The van der Waals surface area contributed by atoms with Crippen LogP contribution < -0.4 is 5.32 Å². The zero-order chi connectivity index (χ0) is 13.9. The summed E-state index contributed by atoms with van der Waals surface area (Å²) in [6.07, 6.45) is 4.48. The Morgan fingerprint density at radius 1 is 1.30 bits per heavy atom. The maximum absolute atomic E-state index is 12.5. The van der Waals surface area contributed by atoms with Gasteiger partial charge in [-0.05, 0) is 47.3 Å². The fraction of sp³-hybridized carbons (Fsp3) is 0.571. The van der Waals surface area contributed by atoms with E-state index >= 15 is 0 Å². The molecule has 0 aliphatic carbocycles. The molecule has 0 bridgehead atoms. The molecule has 1 amide bonds. The van der Waals surface area contributed by atoms with E-state index < -0.39 is 0 Å². The van der Waals surface area contributed by atoms with Crippen LogP contribution in [0.3, 0.4) is 0 Å². The molecule has 1 aromatic heterocycles. The lowest BCUT2D eigenvalue weighted by atomic mass is 10.1. The Bertz CT molecular complexity index is 474. The summed E-state index contributed by atoms with van der Waals surface area (Å²) < 4.78 is 6.30. The molecule has 1 N–H and O–H groups in total. The van der Waals surface area contributed by atoms with Gasteiger partial charge in [0.15, 0.2) is 0 Å². The van der Waals surface area contributed by atoms with Gasteiger partial charge in [-0.1, -0.05) is 0 Å². The van der Waals surface area contributed by atoms with E-state index in [1.165, 1.54) is 0 Å². The minimum atomic E-state index is -0.147. The zero-order valence-corrected chi connectivity index (χ0v) is 12.8. The number of likely N-dealkylation sites (tertiary alicyclic amines) is 1. The highest BCUT2D eigenvalue weighted by molar-refractivity contribution is 9.10. The van der Waals surface area contributed by atoms with Crippen LogP contribution in [0.15, 0.2) is 22.8 Å². The average Bonchev–Trinajstić information content (AvgIpc) is 2.84. The number of rotatable bonds is 3. The Morgan fingerprint density at radius 2 is 2.10 bits per heavy atom. The number of hydrogen-bond donors (Lipinski definition) is 1. The predicted octanol–water partition coefficient (Wildman–Crippen LogP) is 2.04. The van der Waals surface area contributed by atoms with E-state index in [-0.39, 0.29) is 11.9 Å². The lowest BCUT2D eigenvalue weighted by molar-refractivity contribution is -0.131. The number of aromatic nitrogens is 1. The number of amides is 1. The Kier molecular flexibility index (Phi) is 4.21. The fourth-order valence-electron chi connectivity index (χ4n) is 2.83. The van der Waals surface area contributed by atoms with Gasteiger partial charge in [0.05, 0.1) is 0 Å². The molecule has 2 aliphatic heterocycles. The van der Waals surface area contributed by atoms with Crippen molar-refractivity contribution in [2.75, 3.05) is 25.1 Å². The first-order chi connectivity index (χ1) is 9.74. The first-order valence-corrected chi connectivity index (χ1v) is 7.79. The van der Waals surface area contributed by atoms with Crippen LogP contribution in [0.1, 0.15) is 19.3 Å². The van der Waals surface area contributed by atoms with E-state index in [1.54, 1.807) is 6.20 Å². The number of ether oxygens (including phenoxy) is 1. The van der Waals surface area contributed by atoms with Crippen LogP contribution in [0, 0.1) is 0 Å². The van der Waals surface area contributed by atoms with Crippen molar-refractivity contribution in [2.24, 2.45) is 0 Å². The molecule has 108 valence electrons. The van der Waals surface area contributed by atoms with E-state index in [0.29, 0.717) is 6.04 Å². The van der Waals surface area contributed by atoms with E-state index in [4.69, 9.17) is 4.74 Å². The highest BCUT2D eigenvalue weighted by atomic mass is 79.9. The number of hydrogen-bond acceptors (Lipinski definition) is 4. The topological polar surface area (TPSA) is 54.5 Å². The lowest BCUT2D eigenvalue weighted by Gasteiger charge is -2.31.